The zero-order valence-corrected chi connectivity index (χ0v) is 11.7. The van der Waals surface area contributed by atoms with Crippen LogP contribution in [0.2, 0.25) is 10.3 Å². The molecule has 5 nitrogen and oxygen atoms in total. The van der Waals surface area contributed by atoms with Crippen molar-refractivity contribution in [2.75, 3.05) is 32.7 Å². The molecule has 0 N–H and O–H groups in total. The zero-order chi connectivity index (χ0) is 13.8. The minimum atomic E-state index is -0.109. The number of amides is 1. The van der Waals surface area contributed by atoms with Gasteiger partial charge in [-0.25, -0.2) is 4.98 Å². The summed E-state index contributed by atoms with van der Waals surface area (Å²) in [6, 6.07) is 5.13. The lowest BCUT2D eigenvalue weighted by Gasteiger charge is -2.33. The summed E-state index contributed by atoms with van der Waals surface area (Å²) in [7, 11) is 0. The number of pyridine rings is 1. The fraction of sp³-hybridized carbons (Fsp3) is 0.417. The predicted molar refractivity (Wildman–Crippen MR) is 72.2 cm³/mol. The molecule has 1 aliphatic rings. The Morgan fingerprint density at radius 2 is 1.84 bits per heavy atom. The molecule has 1 aliphatic heterocycles. The number of piperazine rings is 1. The van der Waals surface area contributed by atoms with Gasteiger partial charge in [-0.2, -0.15) is 5.26 Å². The molecule has 0 spiro atoms. The van der Waals surface area contributed by atoms with Crippen LogP contribution in [0, 0.1) is 11.3 Å². The van der Waals surface area contributed by atoms with Crippen LogP contribution in [0.1, 0.15) is 10.4 Å². The average Bonchev–Trinajstić information content (AvgIpc) is 2.38. The maximum Gasteiger partial charge on any atom is 0.254 e. The van der Waals surface area contributed by atoms with Crippen LogP contribution in [-0.4, -0.2) is 53.4 Å². The van der Waals surface area contributed by atoms with E-state index < -0.39 is 0 Å². The number of hydrogen-bond donors (Lipinski definition) is 0. The third-order valence-electron chi connectivity index (χ3n) is 2.96. The van der Waals surface area contributed by atoms with E-state index in [4.69, 9.17) is 28.5 Å². The molecular formula is C12H12Cl2N4O. The zero-order valence-electron chi connectivity index (χ0n) is 10.1. The topological polar surface area (TPSA) is 60.2 Å². The van der Waals surface area contributed by atoms with Crippen LogP contribution >= 0.6 is 23.2 Å². The van der Waals surface area contributed by atoms with Crippen molar-refractivity contribution in [1.82, 2.24) is 14.8 Å². The van der Waals surface area contributed by atoms with E-state index in [1.165, 1.54) is 12.1 Å². The van der Waals surface area contributed by atoms with Crippen molar-refractivity contribution in [2.45, 2.75) is 0 Å². The van der Waals surface area contributed by atoms with Crippen LogP contribution in [0.25, 0.3) is 0 Å². The van der Waals surface area contributed by atoms with Gasteiger partial charge >= 0.3 is 0 Å². The van der Waals surface area contributed by atoms with Gasteiger partial charge < -0.3 is 4.90 Å². The number of aromatic nitrogens is 1. The van der Waals surface area contributed by atoms with Gasteiger partial charge in [-0.05, 0) is 12.1 Å². The predicted octanol–water partition coefficient (Wildman–Crippen LogP) is 1.67. The lowest BCUT2D eigenvalue weighted by Crippen LogP contribution is -2.48. The van der Waals surface area contributed by atoms with Crippen molar-refractivity contribution < 1.29 is 4.79 Å². The van der Waals surface area contributed by atoms with E-state index in [9.17, 15) is 4.79 Å². The van der Waals surface area contributed by atoms with E-state index in [0.29, 0.717) is 38.3 Å². The van der Waals surface area contributed by atoms with Crippen molar-refractivity contribution in [3.63, 3.8) is 0 Å². The number of nitriles is 1. The maximum absolute atomic E-state index is 12.3. The average molecular weight is 299 g/mol. The molecule has 0 atom stereocenters. The van der Waals surface area contributed by atoms with E-state index >= 15 is 0 Å². The van der Waals surface area contributed by atoms with Gasteiger partial charge in [0.25, 0.3) is 5.91 Å². The van der Waals surface area contributed by atoms with Gasteiger partial charge in [-0.15, -0.1) is 0 Å². The number of carbonyl (C=O) groups is 1. The second kappa shape index (κ2) is 6.20. The number of hydrogen-bond acceptors (Lipinski definition) is 4. The van der Waals surface area contributed by atoms with Gasteiger partial charge in [0.05, 0.1) is 12.6 Å². The number of carbonyl (C=O) groups excluding carboxylic acids is 1. The first-order valence-corrected chi connectivity index (χ1v) is 6.57. The Bertz CT molecular complexity index is 501. The quantitative estimate of drug-likeness (QED) is 0.615. The van der Waals surface area contributed by atoms with Crippen molar-refractivity contribution in [3.8, 4) is 6.07 Å². The molecule has 2 rings (SSSR count). The van der Waals surface area contributed by atoms with Gasteiger partial charge in [0.1, 0.15) is 10.3 Å². The minimum absolute atomic E-state index is 0.109. The Labute approximate surface area is 121 Å². The standard InChI is InChI=1S/C12H12Cl2N4O/c13-10-7-9(8-11(14)16-10)12(19)18-5-3-17(2-1-15)4-6-18/h7-8H,2-6H2. The van der Waals surface area contributed by atoms with Gasteiger partial charge in [-0.3, -0.25) is 9.69 Å². The molecule has 2 heterocycles. The van der Waals surface area contributed by atoms with Gasteiger partial charge in [-0.1, -0.05) is 23.2 Å². The summed E-state index contributed by atoms with van der Waals surface area (Å²) in [5.74, 6) is -0.109. The van der Waals surface area contributed by atoms with Crippen LogP contribution in [-0.2, 0) is 0 Å². The van der Waals surface area contributed by atoms with Crippen LogP contribution in [0.5, 0.6) is 0 Å². The summed E-state index contributed by atoms with van der Waals surface area (Å²) in [6.45, 7) is 2.99. The minimum Gasteiger partial charge on any atom is -0.336 e. The number of halogens is 2. The summed E-state index contributed by atoms with van der Waals surface area (Å²) in [6.07, 6.45) is 0. The number of nitrogens with zero attached hydrogens (tertiary/aromatic N) is 4. The first-order valence-electron chi connectivity index (χ1n) is 5.82. The van der Waals surface area contributed by atoms with E-state index in [1.54, 1.807) is 4.90 Å². The molecular weight excluding hydrogens is 287 g/mol. The van der Waals surface area contributed by atoms with Crippen molar-refractivity contribution in [1.29, 1.82) is 5.26 Å². The fourth-order valence-electron chi connectivity index (χ4n) is 1.98. The Morgan fingerprint density at radius 1 is 1.26 bits per heavy atom. The molecule has 0 aliphatic carbocycles. The van der Waals surface area contributed by atoms with Gasteiger partial charge in [0.15, 0.2) is 0 Å². The van der Waals surface area contributed by atoms with Gasteiger partial charge in [0, 0.05) is 31.7 Å². The van der Waals surface area contributed by atoms with Gasteiger partial charge in [0.2, 0.25) is 0 Å². The first-order chi connectivity index (χ1) is 9.10. The summed E-state index contributed by atoms with van der Waals surface area (Å²) in [4.78, 5) is 19.8. The highest BCUT2D eigenvalue weighted by atomic mass is 35.5. The molecule has 1 fully saturated rings. The SMILES string of the molecule is N#CCN1CCN(C(=O)c2cc(Cl)nc(Cl)c2)CC1. The summed E-state index contributed by atoms with van der Waals surface area (Å²) in [5, 5.41) is 9.04. The Hall–Kier alpha value is -1.35. The third kappa shape index (κ3) is 3.57. The summed E-state index contributed by atoms with van der Waals surface area (Å²) < 4.78 is 0. The van der Waals surface area contributed by atoms with E-state index in [0.717, 1.165) is 0 Å². The monoisotopic (exact) mass is 298 g/mol. The lowest BCUT2D eigenvalue weighted by atomic mass is 10.2. The molecule has 1 saturated heterocycles. The molecule has 0 radical (unpaired) electrons. The second-order valence-electron chi connectivity index (χ2n) is 4.23. The summed E-state index contributed by atoms with van der Waals surface area (Å²) >= 11 is 11.6. The molecule has 1 amide bonds. The third-order valence-corrected chi connectivity index (χ3v) is 3.35. The smallest absolute Gasteiger partial charge is 0.254 e. The van der Waals surface area contributed by atoms with Crippen molar-refractivity contribution >= 4 is 29.1 Å². The van der Waals surface area contributed by atoms with Crippen LogP contribution in [0.15, 0.2) is 12.1 Å². The Balaban J connectivity index is 2.03. The first kappa shape index (κ1) is 14.1. The molecule has 0 saturated carbocycles. The fourth-order valence-corrected chi connectivity index (χ4v) is 2.44. The molecule has 7 heteroatoms. The normalized spacial score (nSPS) is 16.2. The highest BCUT2D eigenvalue weighted by Crippen LogP contribution is 2.17. The molecule has 0 unspecified atom stereocenters. The van der Waals surface area contributed by atoms with Crippen LogP contribution < -0.4 is 0 Å². The van der Waals surface area contributed by atoms with Crippen molar-refractivity contribution in [3.05, 3.63) is 28.0 Å². The highest BCUT2D eigenvalue weighted by Gasteiger charge is 2.22. The lowest BCUT2D eigenvalue weighted by molar-refractivity contribution is 0.0651. The maximum atomic E-state index is 12.3. The largest absolute Gasteiger partial charge is 0.336 e. The Morgan fingerprint density at radius 3 is 2.37 bits per heavy atom. The molecule has 100 valence electrons. The van der Waals surface area contributed by atoms with E-state index in [-0.39, 0.29) is 16.2 Å². The van der Waals surface area contributed by atoms with Crippen molar-refractivity contribution in [2.24, 2.45) is 0 Å². The van der Waals surface area contributed by atoms with Crippen LogP contribution in [0.3, 0.4) is 0 Å². The molecule has 0 aromatic carbocycles. The van der Waals surface area contributed by atoms with E-state index in [2.05, 4.69) is 11.1 Å². The molecule has 1 aromatic heterocycles. The van der Waals surface area contributed by atoms with Crippen LogP contribution in [0.4, 0.5) is 0 Å². The van der Waals surface area contributed by atoms with E-state index in [1.807, 2.05) is 4.90 Å². The molecule has 1 aromatic rings. The number of rotatable bonds is 2. The molecule has 19 heavy (non-hydrogen) atoms. The second-order valence-corrected chi connectivity index (χ2v) is 5.00. The Kier molecular flexibility index (Phi) is 4.59. The molecule has 0 bridgehead atoms. The summed E-state index contributed by atoms with van der Waals surface area (Å²) in [5.41, 5.74) is 0.443. The highest BCUT2D eigenvalue weighted by molar-refractivity contribution is 6.33.